The molecular formula is C13H18IN3. The van der Waals surface area contributed by atoms with Gasteiger partial charge >= 0.3 is 0 Å². The van der Waals surface area contributed by atoms with Crippen molar-refractivity contribution in [3.8, 4) is 0 Å². The van der Waals surface area contributed by atoms with E-state index in [1.165, 1.54) is 11.3 Å². The van der Waals surface area contributed by atoms with Gasteiger partial charge in [0.2, 0.25) is 0 Å². The van der Waals surface area contributed by atoms with Crippen molar-refractivity contribution in [2.75, 3.05) is 0 Å². The van der Waals surface area contributed by atoms with E-state index in [0.29, 0.717) is 0 Å². The van der Waals surface area contributed by atoms with Crippen molar-refractivity contribution in [3.05, 3.63) is 47.8 Å². The first-order chi connectivity index (χ1) is 7.79. The fourth-order valence-electron chi connectivity index (χ4n) is 1.84. The van der Waals surface area contributed by atoms with Crippen LogP contribution in [-0.2, 0) is 20.0 Å². The van der Waals surface area contributed by atoms with E-state index in [-0.39, 0.29) is 24.0 Å². The minimum Gasteiger partial charge on any atom is -1.00 e. The first kappa shape index (κ1) is 14.2. The summed E-state index contributed by atoms with van der Waals surface area (Å²) in [4.78, 5) is 0. The van der Waals surface area contributed by atoms with Gasteiger partial charge in [0, 0.05) is 6.42 Å². The van der Waals surface area contributed by atoms with E-state index in [1.807, 2.05) is 22.5 Å². The summed E-state index contributed by atoms with van der Waals surface area (Å²) in [6.45, 7) is 3.03. The summed E-state index contributed by atoms with van der Waals surface area (Å²) in [5.41, 5.74) is 2.58. The second kappa shape index (κ2) is 6.74. The maximum absolute atomic E-state index is 4.46. The summed E-state index contributed by atoms with van der Waals surface area (Å²) >= 11 is 0. The molecule has 1 aromatic heterocycles. The molecule has 0 spiro atoms. The van der Waals surface area contributed by atoms with Gasteiger partial charge in [-0.2, -0.15) is 0 Å². The predicted molar refractivity (Wildman–Crippen MR) is 62.9 cm³/mol. The lowest BCUT2D eigenvalue weighted by molar-refractivity contribution is -0.738. The van der Waals surface area contributed by atoms with E-state index in [2.05, 4.69) is 42.6 Å². The lowest BCUT2D eigenvalue weighted by Gasteiger charge is -1.93. The molecule has 1 aromatic carbocycles. The summed E-state index contributed by atoms with van der Waals surface area (Å²) in [7, 11) is 2.01. The second-order valence-corrected chi connectivity index (χ2v) is 4.07. The maximum atomic E-state index is 4.46. The van der Waals surface area contributed by atoms with E-state index in [9.17, 15) is 0 Å². The topological polar surface area (TPSA) is 21.7 Å². The van der Waals surface area contributed by atoms with Gasteiger partial charge in [0.15, 0.2) is 11.9 Å². The Balaban J connectivity index is 0.00000144. The minimum absolute atomic E-state index is 0. The van der Waals surface area contributed by atoms with Gasteiger partial charge in [0.25, 0.3) is 0 Å². The molecule has 0 unspecified atom stereocenters. The van der Waals surface area contributed by atoms with Crippen LogP contribution in [0.25, 0.3) is 0 Å². The number of rotatable bonds is 4. The van der Waals surface area contributed by atoms with Crippen molar-refractivity contribution in [2.45, 2.75) is 26.3 Å². The SMILES string of the molecule is CCCc1cn(Cc2ccccc2)n[n+]1C.[I-]. The van der Waals surface area contributed by atoms with Gasteiger partial charge in [-0.15, -0.1) is 9.36 Å². The quantitative estimate of drug-likeness (QED) is 0.500. The third kappa shape index (κ3) is 3.80. The zero-order chi connectivity index (χ0) is 11.4. The molecule has 0 fully saturated rings. The summed E-state index contributed by atoms with van der Waals surface area (Å²) < 4.78 is 3.97. The molecule has 3 nitrogen and oxygen atoms in total. The molecule has 0 radical (unpaired) electrons. The Morgan fingerprint density at radius 1 is 1.24 bits per heavy atom. The molecule has 0 bridgehead atoms. The molecule has 17 heavy (non-hydrogen) atoms. The number of hydrogen-bond acceptors (Lipinski definition) is 1. The zero-order valence-electron chi connectivity index (χ0n) is 10.3. The number of halogens is 1. The van der Waals surface area contributed by atoms with Crippen molar-refractivity contribution < 1.29 is 28.7 Å². The molecule has 0 aliphatic heterocycles. The Morgan fingerprint density at radius 2 is 1.94 bits per heavy atom. The first-order valence-corrected chi connectivity index (χ1v) is 5.76. The van der Waals surface area contributed by atoms with E-state index >= 15 is 0 Å². The second-order valence-electron chi connectivity index (χ2n) is 4.07. The molecule has 92 valence electrons. The fraction of sp³-hybridized carbons (Fsp3) is 0.385. The average molecular weight is 343 g/mol. The first-order valence-electron chi connectivity index (χ1n) is 5.76. The lowest BCUT2D eigenvalue weighted by atomic mass is 10.2. The molecule has 0 N–H and O–H groups in total. The highest BCUT2D eigenvalue weighted by Crippen LogP contribution is 2.02. The summed E-state index contributed by atoms with van der Waals surface area (Å²) in [5.74, 6) is 0. The number of benzene rings is 1. The van der Waals surface area contributed by atoms with E-state index in [1.54, 1.807) is 0 Å². The van der Waals surface area contributed by atoms with Crippen molar-refractivity contribution in [1.29, 1.82) is 0 Å². The highest BCUT2D eigenvalue weighted by atomic mass is 127. The highest BCUT2D eigenvalue weighted by Gasteiger charge is 2.11. The molecule has 0 atom stereocenters. The van der Waals surface area contributed by atoms with Crippen LogP contribution in [0, 0.1) is 0 Å². The molecule has 0 aliphatic carbocycles. The van der Waals surface area contributed by atoms with Crippen LogP contribution in [0.4, 0.5) is 0 Å². The summed E-state index contributed by atoms with van der Waals surface area (Å²) in [6.07, 6.45) is 4.38. The maximum Gasteiger partial charge on any atom is 0.167 e. The third-order valence-corrected chi connectivity index (χ3v) is 2.66. The molecule has 0 saturated heterocycles. The molecular weight excluding hydrogens is 325 g/mol. The Hall–Kier alpha value is -0.910. The number of aryl methyl sites for hydroxylation is 2. The van der Waals surface area contributed by atoms with E-state index in [4.69, 9.17) is 0 Å². The van der Waals surface area contributed by atoms with Gasteiger partial charge in [-0.3, -0.25) is 0 Å². The Kier molecular flexibility index (Phi) is 5.61. The van der Waals surface area contributed by atoms with Gasteiger partial charge in [-0.25, -0.2) is 0 Å². The molecule has 2 aromatic rings. The number of hydrogen-bond donors (Lipinski definition) is 0. The predicted octanol–water partition coefficient (Wildman–Crippen LogP) is -1.29. The third-order valence-electron chi connectivity index (χ3n) is 2.66. The van der Waals surface area contributed by atoms with Crippen molar-refractivity contribution in [2.24, 2.45) is 7.05 Å². The molecule has 0 amide bonds. The molecule has 2 rings (SSSR count). The molecule has 0 aliphatic rings. The van der Waals surface area contributed by atoms with Crippen LogP contribution in [0.2, 0.25) is 0 Å². The van der Waals surface area contributed by atoms with Crippen molar-refractivity contribution >= 4 is 0 Å². The van der Waals surface area contributed by atoms with Crippen molar-refractivity contribution in [3.63, 3.8) is 0 Å². The number of aromatic nitrogens is 3. The van der Waals surface area contributed by atoms with Gasteiger partial charge in [-0.1, -0.05) is 37.3 Å². The van der Waals surface area contributed by atoms with Crippen LogP contribution in [0.3, 0.4) is 0 Å². The lowest BCUT2D eigenvalue weighted by Crippen LogP contribution is -3.00. The Morgan fingerprint density at radius 3 is 2.59 bits per heavy atom. The smallest absolute Gasteiger partial charge is 0.167 e. The fourth-order valence-corrected chi connectivity index (χ4v) is 1.84. The van der Waals surface area contributed by atoms with Crippen LogP contribution in [0.15, 0.2) is 36.5 Å². The largest absolute Gasteiger partial charge is 1.00 e. The van der Waals surface area contributed by atoms with E-state index < -0.39 is 0 Å². The van der Waals surface area contributed by atoms with Crippen LogP contribution >= 0.6 is 0 Å². The monoisotopic (exact) mass is 343 g/mol. The molecule has 1 heterocycles. The van der Waals surface area contributed by atoms with Crippen LogP contribution in [0.5, 0.6) is 0 Å². The Bertz CT molecular complexity index is 451. The Labute approximate surface area is 119 Å². The van der Waals surface area contributed by atoms with Crippen molar-refractivity contribution in [1.82, 2.24) is 9.90 Å². The van der Waals surface area contributed by atoms with Gasteiger partial charge in [0.1, 0.15) is 13.6 Å². The minimum atomic E-state index is 0. The summed E-state index contributed by atoms with van der Waals surface area (Å²) in [6, 6.07) is 10.4. The standard InChI is InChI=1S/C13H18N3.HI/c1-3-7-13-11-16(14-15(13)2)10-12-8-5-4-6-9-12;/h4-6,8-9,11H,3,7,10H2,1-2H3;1H/q+1;/p-1. The van der Waals surface area contributed by atoms with Crippen LogP contribution in [-0.4, -0.2) is 9.90 Å². The van der Waals surface area contributed by atoms with Gasteiger partial charge in [-0.05, 0) is 12.0 Å². The van der Waals surface area contributed by atoms with Gasteiger partial charge in [0.05, 0.1) is 5.21 Å². The summed E-state index contributed by atoms with van der Waals surface area (Å²) in [5, 5.41) is 4.46. The van der Waals surface area contributed by atoms with Gasteiger partial charge < -0.3 is 24.0 Å². The zero-order valence-corrected chi connectivity index (χ0v) is 12.5. The number of nitrogens with zero attached hydrogens (tertiary/aromatic N) is 3. The van der Waals surface area contributed by atoms with E-state index in [0.717, 1.165) is 19.4 Å². The van der Waals surface area contributed by atoms with Crippen LogP contribution in [0.1, 0.15) is 24.6 Å². The van der Waals surface area contributed by atoms with Crippen LogP contribution < -0.4 is 28.7 Å². The molecule has 4 heteroatoms. The highest BCUT2D eigenvalue weighted by molar-refractivity contribution is 5.14. The molecule has 0 saturated carbocycles. The average Bonchev–Trinajstić information content (AvgIpc) is 2.61. The normalized spacial score (nSPS) is 10.0.